The number of halogens is 1. The van der Waals surface area contributed by atoms with Crippen molar-refractivity contribution < 1.29 is 29.3 Å². The van der Waals surface area contributed by atoms with Gasteiger partial charge in [0.05, 0.1) is 15.8 Å². The molecule has 2 aliphatic rings. The van der Waals surface area contributed by atoms with E-state index in [0.29, 0.717) is 13.1 Å². The van der Waals surface area contributed by atoms with Crippen molar-refractivity contribution in [3.63, 3.8) is 0 Å². The maximum Gasteiger partial charge on any atom is 0.164 e. The van der Waals surface area contributed by atoms with Crippen LogP contribution in [0.25, 0.3) is 0 Å². The van der Waals surface area contributed by atoms with Crippen molar-refractivity contribution in [2.75, 3.05) is 25.8 Å². The van der Waals surface area contributed by atoms with Gasteiger partial charge in [0.2, 0.25) is 0 Å². The topological polar surface area (TPSA) is 20.2 Å². The molecule has 1 saturated heterocycles. The fraction of sp³-hybridized carbons (Fsp3) is 0.364. The van der Waals surface area contributed by atoms with Crippen LogP contribution in [-0.4, -0.2) is 35.4 Å². The van der Waals surface area contributed by atoms with Gasteiger partial charge < -0.3 is 26.6 Å². The molecular formula is C22H26BrNOS. The van der Waals surface area contributed by atoms with E-state index >= 15 is 0 Å². The molecule has 1 fully saturated rings. The lowest BCUT2D eigenvalue weighted by Gasteiger charge is -2.50. The van der Waals surface area contributed by atoms with Crippen LogP contribution in [0.15, 0.2) is 66.1 Å². The molecule has 0 unspecified atom stereocenters. The zero-order chi connectivity index (χ0) is 19.3. The Morgan fingerprint density at radius 2 is 2.04 bits per heavy atom. The zero-order valence-electron chi connectivity index (χ0n) is 17.0. The Bertz CT molecular complexity index is 875. The normalized spacial score (nSPS) is 31.1. The highest BCUT2D eigenvalue weighted by atomic mass is 79.9. The van der Waals surface area contributed by atoms with Crippen molar-refractivity contribution in [2.24, 2.45) is 0 Å². The van der Waals surface area contributed by atoms with E-state index in [1.54, 1.807) is 11.8 Å². The van der Waals surface area contributed by atoms with Crippen LogP contribution in [0.5, 0.6) is 0 Å². The maximum absolute atomic E-state index is 12.0. The molecule has 4 rings (SSSR count). The second kappa shape index (κ2) is 7.51. The van der Waals surface area contributed by atoms with Gasteiger partial charge in [0.1, 0.15) is 12.6 Å². The molecule has 138 valence electrons. The highest BCUT2D eigenvalue weighted by Crippen LogP contribution is 2.51. The van der Waals surface area contributed by atoms with Crippen LogP contribution >= 0.6 is 11.8 Å². The van der Waals surface area contributed by atoms with Crippen molar-refractivity contribution >= 4 is 11.8 Å². The lowest BCUT2D eigenvalue weighted by molar-refractivity contribution is -0.948. The monoisotopic (exact) mass is 433 g/mol. The predicted octanol–water partition coefficient (Wildman–Crippen LogP) is 1.50. The summed E-state index contributed by atoms with van der Waals surface area (Å²) in [6, 6.07) is 16.1. The van der Waals surface area contributed by atoms with Gasteiger partial charge in [0.25, 0.3) is 0 Å². The van der Waals surface area contributed by atoms with Crippen LogP contribution in [0.4, 0.5) is 0 Å². The lowest BCUT2D eigenvalue weighted by Crippen LogP contribution is -3.00. The highest BCUT2D eigenvalue weighted by molar-refractivity contribution is 7.98. The molecule has 0 spiro atoms. The average Bonchev–Trinajstić information content (AvgIpc) is 3.14. The summed E-state index contributed by atoms with van der Waals surface area (Å²) < 4.78 is 17.7. The summed E-state index contributed by atoms with van der Waals surface area (Å²) in [6.45, 7) is 3.23. The largest absolute Gasteiger partial charge is 1.00 e. The van der Waals surface area contributed by atoms with Crippen LogP contribution in [0.2, 0.25) is 0 Å². The van der Waals surface area contributed by atoms with E-state index in [9.17, 15) is 5.11 Å². The number of thioether (sulfide) groups is 1. The van der Waals surface area contributed by atoms with Gasteiger partial charge in [0, 0.05) is 28.9 Å². The number of benzene rings is 2. The fourth-order valence-electron chi connectivity index (χ4n) is 4.73. The van der Waals surface area contributed by atoms with Crippen molar-refractivity contribution in [1.29, 1.82) is 0 Å². The second-order valence-electron chi connectivity index (χ2n) is 7.08. The SMILES string of the molecule is [2H]C([2H])(C=C)[N@@+]12CCC[C@@H]1c1ccccc1[C@@](O)(c1ccc(SC)cc1)C2.[Br-]. The summed E-state index contributed by atoms with van der Waals surface area (Å²) in [7, 11) is 0. The summed E-state index contributed by atoms with van der Waals surface area (Å²) in [5, 5.41) is 12.0. The molecule has 0 aromatic heterocycles. The van der Waals surface area contributed by atoms with Gasteiger partial charge in [0.15, 0.2) is 5.60 Å². The van der Waals surface area contributed by atoms with Gasteiger partial charge >= 0.3 is 0 Å². The number of hydrogen-bond donors (Lipinski definition) is 1. The first kappa shape index (κ1) is 17.1. The number of hydrogen-bond acceptors (Lipinski definition) is 2. The quantitative estimate of drug-likeness (QED) is 0.447. The molecule has 1 N–H and O–H groups in total. The first-order chi connectivity index (χ1) is 12.9. The molecule has 2 aromatic carbocycles. The van der Waals surface area contributed by atoms with Gasteiger partial charge in [-0.3, -0.25) is 0 Å². The van der Waals surface area contributed by atoms with E-state index in [2.05, 4.69) is 12.6 Å². The molecule has 26 heavy (non-hydrogen) atoms. The Kier molecular flexibility index (Phi) is 4.93. The van der Waals surface area contributed by atoms with Crippen LogP contribution in [0, 0.1) is 0 Å². The minimum absolute atomic E-state index is 0. The highest BCUT2D eigenvalue weighted by Gasteiger charge is 2.54. The molecule has 0 radical (unpaired) electrons. The maximum atomic E-state index is 12.0. The second-order valence-corrected chi connectivity index (χ2v) is 7.96. The Hall–Kier alpha value is -1.07. The molecule has 3 atom stereocenters. The van der Waals surface area contributed by atoms with E-state index in [4.69, 9.17) is 2.74 Å². The van der Waals surface area contributed by atoms with Gasteiger partial charge in [-0.25, -0.2) is 0 Å². The summed E-state index contributed by atoms with van der Waals surface area (Å²) in [6.07, 6.45) is 5.35. The van der Waals surface area contributed by atoms with Crippen LogP contribution < -0.4 is 17.0 Å². The summed E-state index contributed by atoms with van der Waals surface area (Å²) in [4.78, 5) is 1.15. The summed E-state index contributed by atoms with van der Waals surface area (Å²) in [5.74, 6) is 0. The Morgan fingerprint density at radius 1 is 1.31 bits per heavy atom. The molecule has 2 aromatic rings. The van der Waals surface area contributed by atoms with Crippen molar-refractivity contribution in [3.8, 4) is 0 Å². The number of fused-ring (bicyclic) bond motifs is 3. The van der Waals surface area contributed by atoms with Gasteiger partial charge in [-0.05, 0) is 30.0 Å². The van der Waals surface area contributed by atoms with Gasteiger partial charge in [-0.15, -0.1) is 11.8 Å². The molecule has 0 saturated carbocycles. The Labute approximate surface area is 174 Å². The third kappa shape index (κ3) is 2.97. The molecule has 2 heterocycles. The number of quaternary nitrogens is 1. The minimum atomic E-state index is -1.60. The standard InChI is InChI=1S/C22H26NOS.BrH/c1-3-14-23-15-6-9-21(23)19-7-4-5-8-20(19)22(24,16-23)17-10-12-18(25-2)13-11-17;/h3-5,7-8,10-13,21,24H,1,6,9,14-16H2,2H3;1H/q+1;/p-1/t21-,22+,23+;/m1./s1/i14D2;. The molecule has 4 heteroatoms. The van der Waals surface area contributed by atoms with Crippen LogP contribution in [0.1, 0.15) is 38.3 Å². The number of nitrogens with zero attached hydrogens (tertiary/aromatic N) is 1. The summed E-state index contributed by atoms with van der Waals surface area (Å²) >= 11 is 1.67. The van der Waals surface area contributed by atoms with E-state index in [-0.39, 0.29) is 27.5 Å². The third-order valence-electron chi connectivity index (χ3n) is 5.82. The molecular weight excluding hydrogens is 406 g/mol. The molecule has 0 aliphatic carbocycles. The smallest absolute Gasteiger partial charge is 0.164 e. The van der Waals surface area contributed by atoms with E-state index in [1.165, 1.54) is 6.08 Å². The van der Waals surface area contributed by atoms with Crippen molar-refractivity contribution in [1.82, 2.24) is 0 Å². The molecule has 0 amide bonds. The average molecular weight is 434 g/mol. The molecule has 2 nitrogen and oxygen atoms in total. The third-order valence-corrected chi connectivity index (χ3v) is 6.57. The lowest BCUT2D eigenvalue weighted by atomic mass is 9.76. The summed E-state index contributed by atoms with van der Waals surface area (Å²) in [5.41, 5.74) is 1.60. The number of rotatable bonds is 4. The Morgan fingerprint density at radius 3 is 2.73 bits per heavy atom. The molecule has 0 bridgehead atoms. The van der Waals surface area contributed by atoms with E-state index in [0.717, 1.165) is 34.4 Å². The Balaban J connectivity index is 0.00000225. The van der Waals surface area contributed by atoms with E-state index < -0.39 is 12.1 Å². The minimum Gasteiger partial charge on any atom is -1.00 e. The first-order valence-corrected chi connectivity index (χ1v) is 10.1. The van der Waals surface area contributed by atoms with E-state index in [1.807, 2.05) is 48.7 Å². The fourth-order valence-corrected chi connectivity index (χ4v) is 5.14. The predicted molar refractivity (Wildman–Crippen MR) is 105 cm³/mol. The van der Waals surface area contributed by atoms with Crippen LogP contribution in [-0.2, 0) is 5.60 Å². The first-order valence-electron chi connectivity index (χ1n) is 9.85. The van der Waals surface area contributed by atoms with Gasteiger partial charge in [-0.1, -0.05) is 43.0 Å². The van der Waals surface area contributed by atoms with Crippen molar-refractivity contribution in [3.05, 3.63) is 77.9 Å². The van der Waals surface area contributed by atoms with Gasteiger partial charge in [-0.2, -0.15) is 0 Å². The molecule has 2 aliphatic heterocycles. The zero-order valence-corrected chi connectivity index (χ0v) is 17.4. The van der Waals surface area contributed by atoms with Crippen molar-refractivity contribution in [2.45, 2.75) is 29.4 Å². The number of aliphatic hydroxyl groups is 1. The van der Waals surface area contributed by atoms with Crippen LogP contribution in [0.3, 0.4) is 0 Å².